The minimum Gasteiger partial charge on any atom is -0.467 e. The molecular formula is C17H20N2O3. The van der Waals surface area contributed by atoms with Crippen LogP contribution in [0.5, 0.6) is 0 Å². The number of methoxy groups -OCH3 is 1. The lowest BCUT2D eigenvalue weighted by Gasteiger charge is -2.16. The number of fused-ring (bicyclic) bond motifs is 1. The van der Waals surface area contributed by atoms with Gasteiger partial charge in [0.15, 0.2) is 0 Å². The molecule has 1 amide bonds. The minimum absolute atomic E-state index is 0.309. The Morgan fingerprint density at radius 3 is 2.77 bits per heavy atom. The van der Waals surface area contributed by atoms with Crippen LogP contribution in [0, 0.1) is 0 Å². The summed E-state index contributed by atoms with van der Waals surface area (Å²) in [6.07, 6.45) is 3.99. The molecule has 0 bridgehead atoms. The smallest absolute Gasteiger partial charge is 0.328 e. The number of amides is 1. The van der Waals surface area contributed by atoms with Crippen LogP contribution in [0.1, 0.15) is 36.5 Å². The highest BCUT2D eigenvalue weighted by Crippen LogP contribution is 2.16. The molecule has 2 aromatic rings. The highest BCUT2D eigenvalue weighted by Gasteiger charge is 2.22. The van der Waals surface area contributed by atoms with Gasteiger partial charge in [-0.25, -0.2) is 4.79 Å². The number of hydrogen-bond donors (Lipinski definition) is 1. The number of carbonyl (C=O) groups excluding carboxylic acids is 2. The van der Waals surface area contributed by atoms with Gasteiger partial charge in [0.25, 0.3) is 5.91 Å². The maximum atomic E-state index is 12.5. The van der Waals surface area contributed by atoms with Gasteiger partial charge >= 0.3 is 5.97 Å². The van der Waals surface area contributed by atoms with Crippen LogP contribution in [0.15, 0.2) is 36.5 Å². The summed E-state index contributed by atoms with van der Waals surface area (Å²) < 4.78 is 4.76. The number of benzene rings is 1. The van der Waals surface area contributed by atoms with Crippen LogP contribution in [0.2, 0.25) is 0 Å². The maximum Gasteiger partial charge on any atom is 0.328 e. The molecule has 5 nitrogen and oxygen atoms in total. The summed E-state index contributed by atoms with van der Waals surface area (Å²) in [5.41, 5.74) is 1.09. The molecule has 0 saturated carbocycles. The average molecular weight is 300 g/mol. The third-order valence-corrected chi connectivity index (χ3v) is 3.51. The molecule has 1 heterocycles. The van der Waals surface area contributed by atoms with E-state index in [4.69, 9.17) is 4.74 Å². The molecule has 1 N–H and O–H groups in total. The monoisotopic (exact) mass is 300 g/mol. The summed E-state index contributed by atoms with van der Waals surface area (Å²) in [7, 11) is 1.33. The van der Waals surface area contributed by atoms with Crippen LogP contribution in [0.25, 0.3) is 10.9 Å². The van der Waals surface area contributed by atoms with Crippen molar-refractivity contribution in [3.63, 3.8) is 0 Å². The van der Waals surface area contributed by atoms with E-state index in [0.717, 1.165) is 18.2 Å². The van der Waals surface area contributed by atoms with Crippen LogP contribution in [0.4, 0.5) is 0 Å². The van der Waals surface area contributed by atoms with E-state index >= 15 is 0 Å². The molecule has 22 heavy (non-hydrogen) atoms. The summed E-state index contributed by atoms with van der Waals surface area (Å²) in [4.78, 5) is 28.5. The molecule has 2 rings (SSSR count). The van der Waals surface area contributed by atoms with Crippen LogP contribution < -0.4 is 5.32 Å². The van der Waals surface area contributed by atoms with Crippen LogP contribution in [0.3, 0.4) is 0 Å². The molecule has 5 heteroatoms. The molecule has 0 radical (unpaired) electrons. The lowest BCUT2D eigenvalue weighted by molar-refractivity contribution is -0.143. The molecule has 0 spiro atoms. The van der Waals surface area contributed by atoms with Crippen molar-refractivity contribution in [2.45, 2.75) is 32.2 Å². The zero-order chi connectivity index (χ0) is 15.9. The molecular weight excluding hydrogens is 280 g/mol. The Hall–Kier alpha value is -2.43. The summed E-state index contributed by atoms with van der Waals surface area (Å²) in [5.74, 6) is -0.731. The fourth-order valence-corrected chi connectivity index (χ4v) is 2.32. The fourth-order valence-electron chi connectivity index (χ4n) is 2.32. The molecule has 116 valence electrons. The van der Waals surface area contributed by atoms with Gasteiger partial charge in [0.05, 0.1) is 18.2 Å². The molecule has 0 unspecified atom stereocenters. The van der Waals surface area contributed by atoms with Crippen molar-refractivity contribution in [3.8, 4) is 0 Å². The predicted molar refractivity (Wildman–Crippen MR) is 84.5 cm³/mol. The van der Waals surface area contributed by atoms with Crippen LogP contribution in [-0.2, 0) is 9.53 Å². The highest BCUT2D eigenvalue weighted by atomic mass is 16.5. The number of nitrogens with one attached hydrogen (secondary N) is 1. The second kappa shape index (κ2) is 7.54. The average Bonchev–Trinajstić information content (AvgIpc) is 2.57. The van der Waals surface area contributed by atoms with Gasteiger partial charge in [-0.05, 0) is 18.6 Å². The highest BCUT2D eigenvalue weighted by molar-refractivity contribution is 6.06. The van der Waals surface area contributed by atoms with Gasteiger partial charge in [0.1, 0.15) is 6.04 Å². The third-order valence-electron chi connectivity index (χ3n) is 3.51. The number of rotatable bonds is 6. The summed E-state index contributed by atoms with van der Waals surface area (Å²) in [5, 5.41) is 3.64. The fraction of sp³-hybridized carbons (Fsp3) is 0.353. The molecule has 0 fully saturated rings. The number of carbonyl (C=O) groups is 2. The lowest BCUT2D eigenvalue weighted by Crippen LogP contribution is -2.41. The molecule has 0 aliphatic carbocycles. The first-order valence-corrected chi connectivity index (χ1v) is 7.39. The van der Waals surface area contributed by atoms with Crippen molar-refractivity contribution in [1.29, 1.82) is 0 Å². The molecule has 0 aliphatic rings. The largest absolute Gasteiger partial charge is 0.467 e. The first-order chi connectivity index (χ1) is 10.7. The van der Waals surface area contributed by atoms with Gasteiger partial charge < -0.3 is 10.1 Å². The Morgan fingerprint density at radius 2 is 2.05 bits per heavy atom. The summed E-state index contributed by atoms with van der Waals surface area (Å²) in [6.45, 7) is 2.03. The van der Waals surface area contributed by atoms with Crippen molar-refractivity contribution in [1.82, 2.24) is 10.3 Å². The number of esters is 1. The van der Waals surface area contributed by atoms with Gasteiger partial charge in [-0.1, -0.05) is 38.0 Å². The van der Waals surface area contributed by atoms with E-state index in [2.05, 4.69) is 10.3 Å². The van der Waals surface area contributed by atoms with Crippen molar-refractivity contribution in [2.24, 2.45) is 0 Å². The Kier molecular flexibility index (Phi) is 5.47. The number of hydrogen-bond acceptors (Lipinski definition) is 4. The van der Waals surface area contributed by atoms with Crippen molar-refractivity contribution >= 4 is 22.8 Å². The van der Waals surface area contributed by atoms with Gasteiger partial charge in [0, 0.05) is 11.6 Å². The van der Waals surface area contributed by atoms with E-state index in [9.17, 15) is 9.59 Å². The summed E-state index contributed by atoms with van der Waals surface area (Å²) >= 11 is 0. The SMILES string of the molecule is CCCC[C@H](NC(=O)c1cccc2cccnc12)C(=O)OC. The zero-order valence-electron chi connectivity index (χ0n) is 12.8. The first-order valence-electron chi connectivity index (χ1n) is 7.39. The quantitative estimate of drug-likeness (QED) is 0.833. The summed E-state index contributed by atoms with van der Waals surface area (Å²) in [6, 6.07) is 8.50. The molecule has 1 aromatic carbocycles. The van der Waals surface area contributed by atoms with Crippen molar-refractivity contribution in [3.05, 3.63) is 42.1 Å². The van der Waals surface area contributed by atoms with Crippen molar-refractivity contribution < 1.29 is 14.3 Å². The standard InChI is InChI=1S/C17H20N2O3/c1-3-4-10-14(17(21)22-2)19-16(20)13-9-5-7-12-8-6-11-18-15(12)13/h5-9,11,14H,3-4,10H2,1-2H3,(H,19,20)/t14-/m0/s1. The normalized spacial score (nSPS) is 11.9. The van der Waals surface area contributed by atoms with Gasteiger partial charge in [-0.2, -0.15) is 0 Å². The maximum absolute atomic E-state index is 12.5. The topological polar surface area (TPSA) is 68.3 Å². The van der Waals surface area contributed by atoms with E-state index in [0.29, 0.717) is 17.5 Å². The number of para-hydroxylation sites is 1. The van der Waals surface area contributed by atoms with Crippen molar-refractivity contribution in [2.75, 3.05) is 7.11 Å². The first kappa shape index (κ1) is 15.9. The van der Waals surface area contributed by atoms with E-state index in [1.807, 2.05) is 25.1 Å². The lowest BCUT2D eigenvalue weighted by atomic mass is 10.1. The number of aromatic nitrogens is 1. The van der Waals surface area contributed by atoms with E-state index in [-0.39, 0.29) is 5.91 Å². The van der Waals surface area contributed by atoms with Crippen LogP contribution in [-0.4, -0.2) is 30.0 Å². The Balaban J connectivity index is 2.23. The molecule has 1 atom stereocenters. The Labute approximate surface area is 129 Å². The Morgan fingerprint density at radius 1 is 1.27 bits per heavy atom. The van der Waals surface area contributed by atoms with E-state index < -0.39 is 12.0 Å². The molecule has 0 saturated heterocycles. The predicted octanol–water partition coefficient (Wildman–Crippen LogP) is 2.70. The van der Waals surface area contributed by atoms with Gasteiger partial charge in [-0.15, -0.1) is 0 Å². The van der Waals surface area contributed by atoms with E-state index in [1.54, 1.807) is 18.3 Å². The third kappa shape index (κ3) is 3.61. The van der Waals surface area contributed by atoms with Crippen LogP contribution >= 0.6 is 0 Å². The number of pyridine rings is 1. The molecule has 1 aromatic heterocycles. The number of nitrogens with zero attached hydrogens (tertiary/aromatic N) is 1. The zero-order valence-corrected chi connectivity index (χ0v) is 12.8. The minimum atomic E-state index is -0.628. The Bertz CT molecular complexity index is 665. The molecule has 0 aliphatic heterocycles. The number of ether oxygens (including phenoxy) is 1. The number of unbranched alkanes of at least 4 members (excludes halogenated alkanes) is 1. The second-order valence-corrected chi connectivity index (χ2v) is 5.07. The second-order valence-electron chi connectivity index (χ2n) is 5.07. The van der Waals surface area contributed by atoms with E-state index in [1.165, 1.54) is 7.11 Å². The van der Waals surface area contributed by atoms with Gasteiger partial charge in [-0.3, -0.25) is 9.78 Å². The van der Waals surface area contributed by atoms with Gasteiger partial charge in [0.2, 0.25) is 0 Å².